The molecule has 106 valence electrons. The van der Waals surface area contributed by atoms with Crippen molar-refractivity contribution in [1.82, 2.24) is 5.16 Å². The number of ether oxygens (including phenoxy) is 2. The molecular weight excluding hydrogens is 330 g/mol. The number of rotatable bonds is 4. The molecule has 1 aromatic carbocycles. The van der Waals surface area contributed by atoms with E-state index in [-0.39, 0.29) is 17.0 Å². The highest BCUT2D eigenvalue weighted by Crippen LogP contribution is 2.39. The lowest BCUT2D eigenvalue weighted by Gasteiger charge is -2.10. The summed E-state index contributed by atoms with van der Waals surface area (Å²) in [5.41, 5.74) is 0.817. The van der Waals surface area contributed by atoms with Crippen molar-refractivity contribution in [2.24, 2.45) is 0 Å². The minimum Gasteiger partial charge on any atom is -0.493 e. The van der Waals surface area contributed by atoms with E-state index >= 15 is 0 Å². The number of aromatic nitrogens is 1. The van der Waals surface area contributed by atoms with E-state index in [1.54, 1.807) is 19.1 Å². The lowest BCUT2D eigenvalue weighted by molar-refractivity contribution is 0.0695. The van der Waals surface area contributed by atoms with Crippen LogP contribution in [-0.2, 0) is 0 Å². The maximum Gasteiger partial charge on any atom is 0.341 e. The van der Waals surface area contributed by atoms with E-state index in [4.69, 9.17) is 14.0 Å². The second kappa shape index (κ2) is 5.54. The zero-order chi connectivity index (χ0) is 14.9. The third kappa shape index (κ3) is 2.36. The summed E-state index contributed by atoms with van der Waals surface area (Å²) in [6, 6.07) is 3.33. The first-order valence-corrected chi connectivity index (χ1v) is 6.40. The number of carboxylic acids is 1. The van der Waals surface area contributed by atoms with Gasteiger partial charge in [-0.1, -0.05) is 5.16 Å². The fourth-order valence-corrected chi connectivity index (χ4v) is 2.35. The molecule has 20 heavy (non-hydrogen) atoms. The van der Waals surface area contributed by atoms with Crippen molar-refractivity contribution >= 4 is 21.9 Å². The maximum absolute atomic E-state index is 11.3. The number of benzene rings is 1. The minimum absolute atomic E-state index is 0.0259. The van der Waals surface area contributed by atoms with Crippen LogP contribution in [-0.4, -0.2) is 30.5 Å². The molecule has 0 saturated carbocycles. The zero-order valence-electron chi connectivity index (χ0n) is 11.1. The molecule has 0 bridgehead atoms. The molecule has 0 spiro atoms. The maximum atomic E-state index is 11.3. The molecule has 0 fully saturated rings. The fourth-order valence-electron chi connectivity index (χ4n) is 1.84. The van der Waals surface area contributed by atoms with Gasteiger partial charge in [-0.05, 0) is 35.0 Å². The number of hydrogen-bond acceptors (Lipinski definition) is 5. The number of aromatic carboxylic acids is 1. The van der Waals surface area contributed by atoms with Crippen LogP contribution in [0.4, 0.5) is 0 Å². The molecule has 0 amide bonds. The lowest BCUT2D eigenvalue weighted by Crippen LogP contribution is -2.00. The van der Waals surface area contributed by atoms with Crippen LogP contribution >= 0.6 is 15.9 Å². The molecule has 1 aromatic heterocycles. The van der Waals surface area contributed by atoms with Crippen molar-refractivity contribution in [2.75, 3.05) is 14.2 Å². The number of methoxy groups -OCH3 is 2. The molecule has 0 saturated heterocycles. The van der Waals surface area contributed by atoms with Gasteiger partial charge in [-0.15, -0.1) is 0 Å². The van der Waals surface area contributed by atoms with Crippen molar-refractivity contribution in [1.29, 1.82) is 0 Å². The Labute approximate surface area is 123 Å². The monoisotopic (exact) mass is 341 g/mol. The molecule has 6 nitrogen and oxygen atoms in total. The van der Waals surface area contributed by atoms with Crippen LogP contribution in [0, 0.1) is 6.92 Å². The SMILES string of the molecule is COc1cc(Br)c(-c2noc(C)c2C(=O)O)cc1OC. The van der Waals surface area contributed by atoms with Crippen LogP contribution in [0.2, 0.25) is 0 Å². The van der Waals surface area contributed by atoms with E-state index in [2.05, 4.69) is 21.1 Å². The van der Waals surface area contributed by atoms with Gasteiger partial charge in [-0.25, -0.2) is 4.79 Å². The summed E-state index contributed by atoms with van der Waals surface area (Å²) in [6.07, 6.45) is 0. The van der Waals surface area contributed by atoms with Crippen molar-refractivity contribution in [2.45, 2.75) is 6.92 Å². The Morgan fingerprint density at radius 2 is 1.90 bits per heavy atom. The Hall–Kier alpha value is -2.02. The number of halogens is 1. The van der Waals surface area contributed by atoms with Gasteiger partial charge >= 0.3 is 5.97 Å². The van der Waals surface area contributed by atoms with E-state index in [1.165, 1.54) is 14.2 Å². The zero-order valence-corrected chi connectivity index (χ0v) is 12.6. The van der Waals surface area contributed by atoms with Crippen LogP contribution < -0.4 is 9.47 Å². The molecule has 0 aliphatic heterocycles. The van der Waals surface area contributed by atoms with Crippen LogP contribution in [0.5, 0.6) is 11.5 Å². The van der Waals surface area contributed by atoms with Gasteiger partial charge in [0, 0.05) is 10.0 Å². The van der Waals surface area contributed by atoms with Gasteiger partial charge in [-0.3, -0.25) is 0 Å². The third-order valence-corrected chi connectivity index (χ3v) is 3.46. The van der Waals surface area contributed by atoms with Gasteiger partial charge in [0.05, 0.1) is 14.2 Å². The average Bonchev–Trinajstić information content (AvgIpc) is 2.80. The van der Waals surface area contributed by atoms with Crippen molar-refractivity contribution in [3.05, 3.63) is 27.9 Å². The Balaban J connectivity index is 2.67. The number of nitrogens with zero attached hydrogens (tertiary/aromatic N) is 1. The van der Waals surface area contributed by atoms with Crippen molar-refractivity contribution < 1.29 is 23.9 Å². The van der Waals surface area contributed by atoms with E-state index in [9.17, 15) is 9.90 Å². The first kappa shape index (κ1) is 14.4. The van der Waals surface area contributed by atoms with E-state index in [0.29, 0.717) is 21.5 Å². The van der Waals surface area contributed by atoms with Gasteiger partial charge < -0.3 is 19.1 Å². The Morgan fingerprint density at radius 1 is 1.30 bits per heavy atom. The smallest absolute Gasteiger partial charge is 0.341 e. The summed E-state index contributed by atoms with van der Waals surface area (Å²) in [5, 5.41) is 13.1. The molecule has 0 unspecified atom stereocenters. The van der Waals surface area contributed by atoms with Crippen molar-refractivity contribution in [3.8, 4) is 22.8 Å². The predicted molar refractivity (Wildman–Crippen MR) is 74.4 cm³/mol. The Morgan fingerprint density at radius 3 is 2.45 bits per heavy atom. The quantitative estimate of drug-likeness (QED) is 0.919. The summed E-state index contributed by atoms with van der Waals surface area (Å²) in [4.78, 5) is 11.3. The number of hydrogen-bond donors (Lipinski definition) is 1. The first-order valence-electron chi connectivity index (χ1n) is 5.61. The highest BCUT2D eigenvalue weighted by atomic mass is 79.9. The Kier molecular flexibility index (Phi) is 3.99. The van der Waals surface area contributed by atoms with Gasteiger partial charge in [0.15, 0.2) is 11.5 Å². The van der Waals surface area contributed by atoms with Crippen molar-refractivity contribution in [3.63, 3.8) is 0 Å². The second-order valence-corrected chi connectivity index (χ2v) is 4.81. The standard InChI is InChI=1S/C13H12BrNO5/c1-6-11(13(16)17)12(15-20-6)7-4-9(18-2)10(19-3)5-8(7)14/h4-5H,1-3H3,(H,16,17). The lowest BCUT2D eigenvalue weighted by atomic mass is 10.1. The van der Waals surface area contributed by atoms with Gasteiger partial charge in [0.1, 0.15) is 17.0 Å². The summed E-state index contributed by atoms with van der Waals surface area (Å²) in [6.45, 7) is 1.55. The topological polar surface area (TPSA) is 81.8 Å². The molecule has 2 rings (SSSR count). The summed E-state index contributed by atoms with van der Waals surface area (Å²) < 4.78 is 16.0. The van der Waals surface area contributed by atoms with Crippen LogP contribution in [0.3, 0.4) is 0 Å². The number of carboxylic acid groups (broad SMARTS) is 1. The summed E-state index contributed by atoms with van der Waals surface area (Å²) >= 11 is 3.37. The predicted octanol–water partition coefficient (Wildman–Crippen LogP) is 3.13. The molecule has 0 atom stereocenters. The molecule has 1 heterocycles. The van der Waals surface area contributed by atoms with Crippen LogP contribution in [0.25, 0.3) is 11.3 Å². The highest BCUT2D eigenvalue weighted by molar-refractivity contribution is 9.10. The minimum atomic E-state index is -1.10. The van der Waals surface area contributed by atoms with E-state index < -0.39 is 5.97 Å². The van der Waals surface area contributed by atoms with Gasteiger partial charge in [-0.2, -0.15) is 0 Å². The summed E-state index contributed by atoms with van der Waals surface area (Å²) in [7, 11) is 3.02. The van der Waals surface area contributed by atoms with Crippen LogP contribution in [0.15, 0.2) is 21.1 Å². The van der Waals surface area contributed by atoms with E-state index in [0.717, 1.165) is 0 Å². The molecular formula is C13H12BrNO5. The summed E-state index contributed by atoms with van der Waals surface area (Å²) in [5.74, 6) is 0.150. The Bertz CT molecular complexity index is 665. The normalized spacial score (nSPS) is 10.4. The first-order chi connectivity index (χ1) is 9.49. The third-order valence-electron chi connectivity index (χ3n) is 2.80. The molecule has 2 aromatic rings. The van der Waals surface area contributed by atoms with E-state index in [1.807, 2.05) is 0 Å². The second-order valence-electron chi connectivity index (χ2n) is 3.95. The van der Waals surface area contributed by atoms with Crippen LogP contribution in [0.1, 0.15) is 16.1 Å². The molecule has 0 radical (unpaired) electrons. The molecule has 0 aliphatic rings. The molecule has 0 aliphatic carbocycles. The number of carbonyl (C=O) groups is 1. The van der Waals surface area contributed by atoms with Gasteiger partial charge in [0.2, 0.25) is 0 Å². The molecule has 1 N–H and O–H groups in total. The number of aryl methyl sites for hydroxylation is 1. The fraction of sp³-hybridized carbons (Fsp3) is 0.231. The van der Waals surface area contributed by atoms with Gasteiger partial charge in [0.25, 0.3) is 0 Å². The highest BCUT2D eigenvalue weighted by Gasteiger charge is 2.23. The largest absolute Gasteiger partial charge is 0.493 e. The average molecular weight is 342 g/mol. The molecule has 7 heteroatoms.